The number of rotatable bonds is 6. The Labute approximate surface area is 159 Å². The Morgan fingerprint density at radius 1 is 1.15 bits per heavy atom. The number of ether oxygens (including phenoxy) is 1. The van der Waals surface area contributed by atoms with Gasteiger partial charge in [0.15, 0.2) is 0 Å². The third kappa shape index (κ3) is 5.06. The zero-order valence-electron chi connectivity index (χ0n) is 15.6. The maximum atomic E-state index is 12.6. The monoisotopic (exact) mass is 367 g/mol. The fourth-order valence-corrected chi connectivity index (χ4v) is 3.22. The second-order valence-corrected chi connectivity index (χ2v) is 6.64. The summed E-state index contributed by atoms with van der Waals surface area (Å²) in [4.78, 5) is 30.6. The SMILES string of the molecule is CCOc1ccc(C(=O)N2CCC(CNC(=O)c3cccnc3)CC2)cc1. The summed E-state index contributed by atoms with van der Waals surface area (Å²) in [7, 11) is 0. The number of amides is 2. The maximum absolute atomic E-state index is 12.6. The van der Waals surface area contributed by atoms with Gasteiger partial charge in [-0.05, 0) is 62.1 Å². The molecule has 1 saturated heterocycles. The molecule has 2 amide bonds. The lowest BCUT2D eigenvalue weighted by Crippen LogP contribution is -2.41. The van der Waals surface area contributed by atoms with Crippen molar-refractivity contribution in [3.05, 3.63) is 59.9 Å². The van der Waals surface area contributed by atoms with Gasteiger partial charge in [0.05, 0.1) is 12.2 Å². The first-order chi connectivity index (χ1) is 13.2. The molecule has 0 spiro atoms. The van der Waals surface area contributed by atoms with Crippen molar-refractivity contribution in [2.24, 2.45) is 5.92 Å². The number of carbonyl (C=O) groups is 2. The van der Waals surface area contributed by atoms with Crippen LogP contribution in [0.4, 0.5) is 0 Å². The molecule has 1 N–H and O–H groups in total. The summed E-state index contributed by atoms with van der Waals surface area (Å²) in [6.07, 6.45) is 4.98. The summed E-state index contributed by atoms with van der Waals surface area (Å²) < 4.78 is 5.41. The maximum Gasteiger partial charge on any atom is 0.253 e. The number of benzene rings is 1. The predicted molar refractivity (Wildman–Crippen MR) is 103 cm³/mol. The van der Waals surface area contributed by atoms with Gasteiger partial charge >= 0.3 is 0 Å². The van der Waals surface area contributed by atoms with Crippen molar-refractivity contribution >= 4 is 11.8 Å². The van der Waals surface area contributed by atoms with Gasteiger partial charge in [0, 0.05) is 37.6 Å². The third-order valence-electron chi connectivity index (χ3n) is 4.79. The van der Waals surface area contributed by atoms with Gasteiger partial charge in [-0.15, -0.1) is 0 Å². The van der Waals surface area contributed by atoms with Crippen molar-refractivity contribution in [1.82, 2.24) is 15.2 Å². The molecule has 1 fully saturated rings. The van der Waals surface area contributed by atoms with Crippen molar-refractivity contribution < 1.29 is 14.3 Å². The number of hydrogen-bond acceptors (Lipinski definition) is 4. The summed E-state index contributed by atoms with van der Waals surface area (Å²) in [6.45, 7) is 4.58. The van der Waals surface area contributed by atoms with Crippen LogP contribution < -0.4 is 10.1 Å². The van der Waals surface area contributed by atoms with Gasteiger partial charge in [-0.1, -0.05) is 0 Å². The lowest BCUT2D eigenvalue weighted by molar-refractivity contribution is 0.0684. The van der Waals surface area contributed by atoms with Crippen LogP contribution in [0.5, 0.6) is 5.75 Å². The number of hydrogen-bond donors (Lipinski definition) is 1. The van der Waals surface area contributed by atoms with Gasteiger partial charge in [-0.25, -0.2) is 0 Å². The Balaban J connectivity index is 1.45. The van der Waals surface area contributed by atoms with Crippen LogP contribution in [-0.2, 0) is 0 Å². The highest BCUT2D eigenvalue weighted by Crippen LogP contribution is 2.20. The molecule has 2 heterocycles. The quantitative estimate of drug-likeness (QED) is 0.852. The highest BCUT2D eigenvalue weighted by molar-refractivity contribution is 5.94. The third-order valence-corrected chi connectivity index (χ3v) is 4.79. The number of pyridine rings is 1. The van der Waals surface area contributed by atoms with Crippen molar-refractivity contribution in [1.29, 1.82) is 0 Å². The van der Waals surface area contributed by atoms with E-state index in [0.717, 1.165) is 18.6 Å². The fraction of sp³-hybridized carbons (Fsp3) is 0.381. The van der Waals surface area contributed by atoms with E-state index < -0.39 is 0 Å². The number of nitrogens with zero attached hydrogens (tertiary/aromatic N) is 2. The Kier molecular flexibility index (Phi) is 6.41. The number of likely N-dealkylation sites (tertiary alicyclic amines) is 1. The van der Waals surface area contributed by atoms with Gasteiger partial charge in [0.2, 0.25) is 0 Å². The molecule has 1 aromatic heterocycles. The molecule has 0 aliphatic carbocycles. The summed E-state index contributed by atoms with van der Waals surface area (Å²) in [5.74, 6) is 1.11. The average molecular weight is 367 g/mol. The summed E-state index contributed by atoms with van der Waals surface area (Å²) in [5.41, 5.74) is 1.25. The van der Waals surface area contributed by atoms with Crippen LogP contribution in [-0.4, -0.2) is 47.9 Å². The Morgan fingerprint density at radius 2 is 1.89 bits per heavy atom. The zero-order valence-corrected chi connectivity index (χ0v) is 15.6. The van der Waals surface area contributed by atoms with Crippen molar-refractivity contribution in [3.8, 4) is 5.75 Å². The number of aromatic nitrogens is 1. The largest absolute Gasteiger partial charge is 0.494 e. The lowest BCUT2D eigenvalue weighted by Gasteiger charge is -2.32. The molecule has 1 aromatic carbocycles. The molecule has 27 heavy (non-hydrogen) atoms. The van der Waals surface area contributed by atoms with Crippen LogP contribution in [0.1, 0.15) is 40.5 Å². The summed E-state index contributed by atoms with van der Waals surface area (Å²) in [5, 5.41) is 2.97. The Hall–Kier alpha value is -2.89. The first kappa shape index (κ1) is 18.9. The molecular formula is C21H25N3O3. The zero-order chi connectivity index (χ0) is 19.1. The van der Waals surface area contributed by atoms with Gasteiger partial charge in [-0.3, -0.25) is 14.6 Å². The summed E-state index contributed by atoms with van der Waals surface area (Å²) >= 11 is 0. The van der Waals surface area contributed by atoms with E-state index in [2.05, 4.69) is 10.3 Å². The van der Waals surface area contributed by atoms with Crippen molar-refractivity contribution in [2.45, 2.75) is 19.8 Å². The predicted octanol–water partition coefficient (Wildman–Crippen LogP) is 2.76. The van der Waals surface area contributed by atoms with Crippen LogP contribution in [0.15, 0.2) is 48.8 Å². The second-order valence-electron chi connectivity index (χ2n) is 6.64. The van der Waals surface area contributed by atoms with Gasteiger partial charge < -0.3 is 15.0 Å². The highest BCUT2D eigenvalue weighted by Gasteiger charge is 2.24. The smallest absolute Gasteiger partial charge is 0.253 e. The van der Waals surface area contributed by atoms with Crippen LogP contribution in [0.2, 0.25) is 0 Å². The molecule has 0 atom stereocenters. The second kappa shape index (κ2) is 9.16. The minimum absolute atomic E-state index is 0.0518. The van der Waals surface area contributed by atoms with E-state index >= 15 is 0 Å². The Bertz CT molecular complexity index is 754. The highest BCUT2D eigenvalue weighted by atomic mass is 16.5. The van der Waals surface area contributed by atoms with E-state index in [1.165, 1.54) is 0 Å². The molecular weight excluding hydrogens is 342 g/mol. The van der Waals surface area contributed by atoms with Crippen LogP contribution in [0.3, 0.4) is 0 Å². The van der Waals surface area contributed by atoms with E-state index in [9.17, 15) is 9.59 Å². The van der Waals surface area contributed by atoms with Gasteiger partial charge in [0.25, 0.3) is 11.8 Å². The number of nitrogens with one attached hydrogen (secondary N) is 1. The average Bonchev–Trinajstić information content (AvgIpc) is 2.73. The van der Waals surface area contributed by atoms with Crippen molar-refractivity contribution in [3.63, 3.8) is 0 Å². The molecule has 6 heteroatoms. The van der Waals surface area contributed by atoms with Gasteiger partial charge in [-0.2, -0.15) is 0 Å². The molecule has 0 unspecified atom stereocenters. The molecule has 0 bridgehead atoms. The number of piperidine rings is 1. The van der Waals surface area contributed by atoms with E-state index in [4.69, 9.17) is 4.74 Å². The van der Waals surface area contributed by atoms with E-state index in [0.29, 0.717) is 43.3 Å². The molecule has 0 radical (unpaired) electrons. The van der Waals surface area contributed by atoms with E-state index in [-0.39, 0.29) is 11.8 Å². The first-order valence-electron chi connectivity index (χ1n) is 9.37. The molecule has 142 valence electrons. The number of carbonyl (C=O) groups excluding carboxylic acids is 2. The van der Waals surface area contributed by atoms with E-state index in [1.54, 1.807) is 24.5 Å². The summed E-state index contributed by atoms with van der Waals surface area (Å²) in [6, 6.07) is 10.8. The normalized spacial score (nSPS) is 14.6. The topological polar surface area (TPSA) is 71.5 Å². The van der Waals surface area contributed by atoms with Crippen LogP contribution in [0.25, 0.3) is 0 Å². The van der Waals surface area contributed by atoms with E-state index in [1.807, 2.05) is 36.1 Å². The minimum Gasteiger partial charge on any atom is -0.494 e. The standard InChI is InChI=1S/C21H25N3O3/c1-2-27-19-7-5-17(6-8-19)21(26)24-12-9-16(10-13-24)14-23-20(25)18-4-3-11-22-15-18/h3-8,11,15-16H,2,9-10,12-14H2,1H3,(H,23,25). The lowest BCUT2D eigenvalue weighted by atomic mass is 9.96. The Morgan fingerprint density at radius 3 is 2.52 bits per heavy atom. The molecule has 2 aromatic rings. The van der Waals surface area contributed by atoms with Gasteiger partial charge in [0.1, 0.15) is 5.75 Å². The van der Waals surface area contributed by atoms with Crippen molar-refractivity contribution in [2.75, 3.05) is 26.2 Å². The fourth-order valence-electron chi connectivity index (χ4n) is 3.22. The first-order valence-corrected chi connectivity index (χ1v) is 9.37. The van der Waals surface area contributed by atoms with Crippen LogP contribution in [0, 0.1) is 5.92 Å². The molecule has 0 saturated carbocycles. The molecule has 6 nitrogen and oxygen atoms in total. The molecule has 3 rings (SSSR count). The minimum atomic E-state index is -0.101. The molecule has 1 aliphatic heterocycles. The van der Waals surface area contributed by atoms with Crippen LogP contribution >= 0.6 is 0 Å². The molecule has 1 aliphatic rings.